The zero-order valence-electron chi connectivity index (χ0n) is 12.4. The zero-order valence-corrected chi connectivity index (χ0v) is 13.2. The number of nitrogens with zero attached hydrogens (tertiary/aromatic N) is 1. The summed E-state index contributed by atoms with van der Waals surface area (Å²) in [5.41, 5.74) is 0.692. The molecule has 118 valence electrons. The molecule has 2 fully saturated rings. The van der Waals surface area contributed by atoms with Crippen LogP contribution in [0, 0.1) is 17.8 Å². The average Bonchev–Trinajstić information content (AvgIpc) is 3.18. The molecule has 7 heteroatoms. The summed E-state index contributed by atoms with van der Waals surface area (Å²) in [6, 6.07) is 0. The smallest absolute Gasteiger partial charge is 0.257 e. The van der Waals surface area contributed by atoms with Gasteiger partial charge in [-0.1, -0.05) is 13.3 Å². The fourth-order valence-electron chi connectivity index (χ4n) is 3.83. The van der Waals surface area contributed by atoms with E-state index in [-0.39, 0.29) is 5.03 Å². The van der Waals surface area contributed by atoms with Gasteiger partial charge in [0.15, 0.2) is 5.03 Å². The van der Waals surface area contributed by atoms with E-state index < -0.39 is 10.0 Å². The van der Waals surface area contributed by atoms with Crippen molar-refractivity contribution in [1.82, 2.24) is 20.2 Å². The highest BCUT2D eigenvalue weighted by molar-refractivity contribution is 7.89. The average molecular weight is 312 g/mol. The van der Waals surface area contributed by atoms with Crippen LogP contribution in [-0.2, 0) is 16.6 Å². The van der Waals surface area contributed by atoms with E-state index in [1.54, 1.807) is 6.20 Å². The maximum Gasteiger partial charge on any atom is 0.257 e. The van der Waals surface area contributed by atoms with Gasteiger partial charge >= 0.3 is 0 Å². The summed E-state index contributed by atoms with van der Waals surface area (Å²) in [5, 5.41) is 9.83. The first kappa shape index (κ1) is 15.0. The van der Waals surface area contributed by atoms with Crippen LogP contribution in [-0.4, -0.2) is 31.7 Å². The fraction of sp³-hybridized carbons (Fsp3) is 0.786. The van der Waals surface area contributed by atoms with E-state index in [4.69, 9.17) is 0 Å². The van der Waals surface area contributed by atoms with Gasteiger partial charge in [0.1, 0.15) is 0 Å². The Morgan fingerprint density at radius 2 is 2.24 bits per heavy atom. The molecule has 0 spiro atoms. The number of sulfonamides is 1. The van der Waals surface area contributed by atoms with Crippen LogP contribution in [0.4, 0.5) is 0 Å². The van der Waals surface area contributed by atoms with E-state index in [2.05, 4.69) is 20.2 Å². The molecule has 3 rings (SSSR count). The Balaban J connectivity index is 1.62. The van der Waals surface area contributed by atoms with Crippen molar-refractivity contribution in [2.75, 3.05) is 13.1 Å². The van der Waals surface area contributed by atoms with Gasteiger partial charge in [0.05, 0.1) is 6.20 Å². The van der Waals surface area contributed by atoms with Gasteiger partial charge in [-0.05, 0) is 43.6 Å². The van der Waals surface area contributed by atoms with Crippen LogP contribution in [0.15, 0.2) is 11.2 Å². The number of rotatable bonds is 7. The Bertz CT molecular complexity index is 584. The quantitative estimate of drug-likeness (QED) is 0.707. The second-order valence-corrected chi connectivity index (χ2v) is 8.00. The third kappa shape index (κ3) is 3.14. The fourth-order valence-corrected chi connectivity index (χ4v) is 5.05. The predicted octanol–water partition coefficient (Wildman–Crippen LogP) is 1.23. The van der Waals surface area contributed by atoms with Gasteiger partial charge in [0.2, 0.25) is 0 Å². The minimum Gasteiger partial charge on any atom is -0.313 e. The summed E-state index contributed by atoms with van der Waals surface area (Å²) in [4.78, 5) is 0. The maximum absolute atomic E-state index is 12.4. The molecule has 1 aromatic rings. The number of hydrogen-bond donors (Lipinski definition) is 3. The van der Waals surface area contributed by atoms with Crippen molar-refractivity contribution < 1.29 is 8.42 Å². The van der Waals surface area contributed by atoms with Crippen molar-refractivity contribution in [3.05, 3.63) is 11.8 Å². The molecule has 3 N–H and O–H groups in total. The predicted molar refractivity (Wildman–Crippen MR) is 80.1 cm³/mol. The lowest BCUT2D eigenvalue weighted by atomic mass is 9.89. The van der Waals surface area contributed by atoms with Crippen molar-refractivity contribution >= 4 is 10.0 Å². The second-order valence-electron chi connectivity index (χ2n) is 6.29. The van der Waals surface area contributed by atoms with Crippen LogP contribution < -0.4 is 10.0 Å². The number of H-pyrrole nitrogens is 1. The molecule has 3 unspecified atom stereocenters. The molecule has 2 bridgehead atoms. The summed E-state index contributed by atoms with van der Waals surface area (Å²) in [7, 11) is -3.49. The summed E-state index contributed by atoms with van der Waals surface area (Å²) in [6.45, 7) is 3.85. The molecule has 0 saturated heterocycles. The lowest BCUT2D eigenvalue weighted by Crippen LogP contribution is -2.32. The van der Waals surface area contributed by atoms with E-state index in [9.17, 15) is 8.42 Å². The Labute approximate surface area is 126 Å². The van der Waals surface area contributed by atoms with E-state index in [0.29, 0.717) is 24.6 Å². The Hall–Kier alpha value is -0.920. The van der Waals surface area contributed by atoms with Gasteiger partial charge in [0.25, 0.3) is 10.0 Å². The van der Waals surface area contributed by atoms with Crippen LogP contribution in [0.1, 0.15) is 38.2 Å². The van der Waals surface area contributed by atoms with Crippen LogP contribution >= 0.6 is 0 Å². The zero-order chi connectivity index (χ0) is 14.9. The van der Waals surface area contributed by atoms with Crippen molar-refractivity contribution in [2.24, 2.45) is 17.8 Å². The Morgan fingerprint density at radius 3 is 2.90 bits per heavy atom. The highest BCUT2D eigenvalue weighted by Gasteiger charge is 2.39. The van der Waals surface area contributed by atoms with Crippen LogP contribution in [0.5, 0.6) is 0 Å². The Morgan fingerprint density at radius 1 is 1.38 bits per heavy atom. The summed E-state index contributed by atoms with van der Waals surface area (Å²) in [6.07, 6.45) is 6.66. The van der Waals surface area contributed by atoms with Crippen LogP contribution in [0.3, 0.4) is 0 Å². The number of hydrogen-bond acceptors (Lipinski definition) is 4. The Kier molecular flexibility index (Phi) is 4.33. The molecular formula is C14H24N4O2S. The van der Waals surface area contributed by atoms with Crippen LogP contribution in [0.25, 0.3) is 0 Å². The molecule has 1 aromatic heterocycles. The first-order valence-corrected chi connectivity index (χ1v) is 9.31. The number of fused-ring (bicyclic) bond motifs is 2. The summed E-state index contributed by atoms with van der Waals surface area (Å²) in [5.74, 6) is 2.07. The molecule has 0 radical (unpaired) electrons. The van der Waals surface area contributed by atoms with Gasteiger partial charge in [0, 0.05) is 18.7 Å². The minimum absolute atomic E-state index is 0.201. The summed E-state index contributed by atoms with van der Waals surface area (Å²) < 4.78 is 27.6. The van der Waals surface area contributed by atoms with Crippen molar-refractivity contribution in [1.29, 1.82) is 0 Å². The first-order valence-electron chi connectivity index (χ1n) is 7.82. The highest BCUT2D eigenvalue weighted by atomic mass is 32.2. The maximum atomic E-state index is 12.4. The molecule has 0 amide bonds. The third-order valence-corrected chi connectivity index (χ3v) is 6.37. The van der Waals surface area contributed by atoms with Gasteiger partial charge in [-0.15, -0.1) is 0 Å². The standard InChI is InChI=1S/C14H24N4O2S/c1-2-15-7-13-8-16-18-14(13)21(19,20)17-9-12-6-10-3-4-11(12)5-10/h8,10-12,15,17H,2-7,9H2,1H3,(H,16,18). The van der Waals surface area contributed by atoms with Gasteiger partial charge in [-0.25, -0.2) is 13.1 Å². The molecule has 21 heavy (non-hydrogen) atoms. The van der Waals surface area contributed by atoms with Gasteiger partial charge < -0.3 is 5.32 Å². The van der Waals surface area contributed by atoms with Gasteiger partial charge in [-0.2, -0.15) is 5.10 Å². The highest BCUT2D eigenvalue weighted by Crippen LogP contribution is 2.48. The van der Waals surface area contributed by atoms with Crippen molar-refractivity contribution in [3.63, 3.8) is 0 Å². The minimum atomic E-state index is -3.49. The summed E-state index contributed by atoms with van der Waals surface area (Å²) >= 11 is 0. The van der Waals surface area contributed by atoms with E-state index in [1.807, 2.05) is 6.92 Å². The van der Waals surface area contributed by atoms with Gasteiger partial charge in [-0.3, -0.25) is 5.10 Å². The molecule has 6 nitrogen and oxygen atoms in total. The number of aromatic amines is 1. The number of nitrogens with one attached hydrogen (secondary N) is 3. The van der Waals surface area contributed by atoms with E-state index in [0.717, 1.165) is 18.4 Å². The first-order chi connectivity index (χ1) is 10.1. The SMILES string of the molecule is CCNCc1cn[nH]c1S(=O)(=O)NCC1CC2CCC1C2. The van der Waals surface area contributed by atoms with Crippen molar-refractivity contribution in [3.8, 4) is 0 Å². The molecule has 1 heterocycles. The topological polar surface area (TPSA) is 86.9 Å². The number of aromatic nitrogens is 2. The van der Waals surface area contributed by atoms with Crippen molar-refractivity contribution in [2.45, 2.75) is 44.2 Å². The molecular weight excluding hydrogens is 288 g/mol. The largest absolute Gasteiger partial charge is 0.313 e. The second kappa shape index (κ2) is 6.06. The normalized spacial score (nSPS) is 28.3. The molecule has 2 aliphatic rings. The molecule has 0 aliphatic heterocycles. The third-order valence-electron chi connectivity index (χ3n) is 4.93. The van der Waals surface area contributed by atoms with Crippen LogP contribution in [0.2, 0.25) is 0 Å². The molecule has 2 aliphatic carbocycles. The molecule has 0 aromatic carbocycles. The lowest BCUT2D eigenvalue weighted by Gasteiger charge is -2.21. The molecule has 3 atom stereocenters. The molecule has 2 saturated carbocycles. The van der Waals surface area contributed by atoms with E-state index in [1.165, 1.54) is 25.7 Å². The monoisotopic (exact) mass is 312 g/mol. The van der Waals surface area contributed by atoms with E-state index >= 15 is 0 Å². The lowest BCUT2D eigenvalue weighted by molar-refractivity contribution is 0.332.